The Bertz CT molecular complexity index is 418. The Morgan fingerprint density at radius 3 is 3.00 bits per heavy atom. The first-order valence-electron chi connectivity index (χ1n) is 5.55. The van der Waals surface area contributed by atoms with Gasteiger partial charge < -0.3 is 10.4 Å². The van der Waals surface area contributed by atoms with Crippen LogP contribution in [0.2, 0.25) is 0 Å². The number of rotatable bonds is 3. The lowest BCUT2D eigenvalue weighted by molar-refractivity contribution is 0.0688. The third-order valence-electron chi connectivity index (χ3n) is 2.66. The van der Waals surface area contributed by atoms with Gasteiger partial charge in [-0.05, 0) is 6.42 Å². The molecule has 0 bridgehead atoms. The molecule has 2 heterocycles. The molecular weight excluding hydrogens is 206 g/mol. The molecule has 0 unspecified atom stereocenters. The Labute approximate surface area is 93.9 Å². The lowest BCUT2D eigenvalue weighted by Crippen LogP contribution is -2.28. The molecule has 16 heavy (non-hydrogen) atoms. The number of hydrogen-bond acceptors (Lipinski definition) is 4. The summed E-state index contributed by atoms with van der Waals surface area (Å²) in [6, 6.07) is 0. The average molecular weight is 221 g/mol. The zero-order valence-electron chi connectivity index (χ0n) is 9.29. The van der Waals surface area contributed by atoms with Gasteiger partial charge in [-0.2, -0.15) is 0 Å². The number of fused-ring (bicyclic) bond motifs is 1. The second-order valence-electron chi connectivity index (χ2n) is 3.90. The Kier molecular flexibility index (Phi) is 3.14. The summed E-state index contributed by atoms with van der Waals surface area (Å²) in [6.07, 6.45) is 2.45. The molecule has 0 fully saturated rings. The van der Waals surface area contributed by atoms with E-state index >= 15 is 0 Å². The summed E-state index contributed by atoms with van der Waals surface area (Å²) < 4.78 is 0. The summed E-state index contributed by atoms with van der Waals surface area (Å²) in [5.41, 5.74) is 1.81. The van der Waals surface area contributed by atoms with Gasteiger partial charge in [0.1, 0.15) is 5.82 Å². The predicted octanol–water partition coefficient (Wildman–Crippen LogP) is 0.773. The van der Waals surface area contributed by atoms with Crippen molar-refractivity contribution in [2.24, 2.45) is 0 Å². The lowest BCUT2D eigenvalue weighted by atomic mass is 10.0. The number of carboxylic acid groups (broad SMARTS) is 1. The van der Waals surface area contributed by atoms with Gasteiger partial charge in [-0.1, -0.05) is 6.92 Å². The highest BCUT2D eigenvalue weighted by molar-refractivity contribution is 5.87. The van der Waals surface area contributed by atoms with Crippen LogP contribution in [0.5, 0.6) is 0 Å². The summed E-state index contributed by atoms with van der Waals surface area (Å²) >= 11 is 0. The zero-order chi connectivity index (χ0) is 11.5. The molecule has 2 N–H and O–H groups in total. The standard InChI is InChI=1S/C11H15N3O2/c1-2-3-9-13-8-4-5-12-6-7(8)10(14-9)11(15)16/h12H,2-6H2,1H3,(H,15,16). The largest absolute Gasteiger partial charge is 0.476 e. The van der Waals surface area contributed by atoms with Crippen LogP contribution in [0.25, 0.3) is 0 Å². The minimum Gasteiger partial charge on any atom is -0.476 e. The van der Waals surface area contributed by atoms with E-state index in [1.54, 1.807) is 0 Å². The van der Waals surface area contributed by atoms with Crippen LogP contribution in [-0.4, -0.2) is 27.6 Å². The molecule has 2 rings (SSSR count). The van der Waals surface area contributed by atoms with E-state index in [1.165, 1.54) is 0 Å². The third kappa shape index (κ3) is 2.04. The first-order chi connectivity index (χ1) is 7.72. The average Bonchev–Trinajstić information content (AvgIpc) is 2.28. The van der Waals surface area contributed by atoms with Gasteiger partial charge in [-0.25, -0.2) is 14.8 Å². The number of carbonyl (C=O) groups is 1. The Morgan fingerprint density at radius 1 is 1.50 bits per heavy atom. The number of nitrogens with zero attached hydrogens (tertiary/aromatic N) is 2. The maximum absolute atomic E-state index is 11.1. The molecule has 1 aromatic rings. The Balaban J connectivity index is 2.47. The lowest BCUT2D eigenvalue weighted by Gasteiger charge is -2.18. The first kappa shape index (κ1) is 11.0. The van der Waals surface area contributed by atoms with Crippen LogP contribution in [0, 0.1) is 0 Å². The van der Waals surface area contributed by atoms with Gasteiger partial charge in [-0.3, -0.25) is 0 Å². The second-order valence-corrected chi connectivity index (χ2v) is 3.90. The maximum Gasteiger partial charge on any atom is 0.354 e. The number of hydrogen-bond donors (Lipinski definition) is 2. The summed E-state index contributed by atoms with van der Waals surface area (Å²) in [5, 5.41) is 12.3. The molecule has 0 spiro atoms. The highest BCUT2D eigenvalue weighted by atomic mass is 16.4. The van der Waals surface area contributed by atoms with E-state index in [4.69, 9.17) is 5.11 Å². The molecule has 1 aliphatic rings. The first-order valence-corrected chi connectivity index (χ1v) is 5.55. The highest BCUT2D eigenvalue weighted by Gasteiger charge is 2.21. The van der Waals surface area contributed by atoms with Crippen molar-refractivity contribution in [3.05, 3.63) is 22.8 Å². The van der Waals surface area contributed by atoms with E-state index in [0.29, 0.717) is 12.4 Å². The monoisotopic (exact) mass is 221 g/mol. The van der Waals surface area contributed by atoms with Crippen LogP contribution >= 0.6 is 0 Å². The molecule has 0 aromatic carbocycles. The van der Waals surface area contributed by atoms with Crippen LogP contribution in [-0.2, 0) is 19.4 Å². The van der Waals surface area contributed by atoms with E-state index in [-0.39, 0.29) is 5.69 Å². The number of aromatic carboxylic acids is 1. The molecule has 0 amide bonds. The van der Waals surface area contributed by atoms with Gasteiger partial charge in [0.05, 0.1) is 5.69 Å². The Hall–Kier alpha value is -1.49. The van der Waals surface area contributed by atoms with Crippen LogP contribution in [0.1, 0.15) is 40.9 Å². The highest BCUT2D eigenvalue weighted by Crippen LogP contribution is 2.16. The predicted molar refractivity (Wildman–Crippen MR) is 58.4 cm³/mol. The van der Waals surface area contributed by atoms with Crippen LogP contribution < -0.4 is 5.32 Å². The van der Waals surface area contributed by atoms with Gasteiger partial charge in [0.15, 0.2) is 5.69 Å². The van der Waals surface area contributed by atoms with E-state index in [1.807, 2.05) is 6.92 Å². The molecular formula is C11H15N3O2. The quantitative estimate of drug-likeness (QED) is 0.788. The van der Waals surface area contributed by atoms with Crippen LogP contribution in [0.4, 0.5) is 0 Å². The molecule has 0 aliphatic carbocycles. The van der Waals surface area contributed by atoms with E-state index < -0.39 is 5.97 Å². The smallest absolute Gasteiger partial charge is 0.354 e. The van der Waals surface area contributed by atoms with Crippen molar-refractivity contribution in [1.29, 1.82) is 0 Å². The molecule has 1 aliphatic heterocycles. The SMILES string of the molecule is CCCc1nc2c(c(C(=O)O)n1)CNCC2. The van der Waals surface area contributed by atoms with Gasteiger partial charge in [0, 0.05) is 31.5 Å². The van der Waals surface area contributed by atoms with Crippen molar-refractivity contribution in [1.82, 2.24) is 15.3 Å². The van der Waals surface area contributed by atoms with Crippen molar-refractivity contribution in [2.45, 2.75) is 32.7 Å². The van der Waals surface area contributed by atoms with E-state index in [9.17, 15) is 4.79 Å². The molecule has 0 saturated carbocycles. The fourth-order valence-corrected chi connectivity index (χ4v) is 1.91. The molecule has 0 saturated heterocycles. The van der Waals surface area contributed by atoms with E-state index in [2.05, 4.69) is 15.3 Å². The number of aromatic nitrogens is 2. The van der Waals surface area contributed by atoms with Crippen LogP contribution in [0.15, 0.2) is 0 Å². The molecule has 1 aromatic heterocycles. The number of nitrogens with one attached hydrogen (secondary N) is 1. The van der Waals surface area contributed by atoms with Gasteiger partial charge >= 0.3 is 5.97 Å². The topological polar surface area (TPSA) is 75.1 Å². The van der Waals surface area contributed by atoms with Crippen molar-refractivity contribution >= 4 is 5.97 Å². The third-order valence-corrected chi connectivity index (χ3v) is 2.66. The van der Waals surface area contributed by atoms with Crippen molar-refractivity contribution in [2.75, 3.05) is 6.54 Å². The normalized spacial score (nSPS) is 14.6. The maximum atomic E-state index is 11.1. The van der Waals surface area contributed by atoms with Gasteiger partial charge in [0.2, 0.25) is 0 Å². The summed E-state index contributed by atoms with van der Waals surface area (Å²) in [7, 11) is 0. The molecule has 0 radical (unpaired) electrons. The minimum atomic E-state index is -0.959. The molecule has 5 heteroatoms. The fourth-order valence-electron chi connectivity index (χ4n) is 1.91. The fraction of sp³-hybridized carbons (Fsp3) is 0.545. The molecule has 86 valence electrons. The van der Waals surface area contributed by atoms with Crippen LogP contribution in [0.3, 0.4) is 0 Å². The second kappa shape index (κ2) is 4.57. The molecule has 0 atom stereocenters. The van der Waals surface area contributed by atoms with Crippen molar-refractivity contribution in [3.8, 4) is 0 Å². The summed E-state index contributed by atoms with van der Waals surface area (Å²) in [4.78, 5) is 19.7. The Morgan fingerprint density at radius 2 is 2.31 bits per heavy atom. The number of carboxylic acids is 1. The number of aryl methyl sites for hydroxylation is 1. The summed E-state index contributed by atoms with van der Waals surface area (Å²) in [6.45, 7) is 3.45. The van der Waals surface area contributed by atoms with Gasteiger partial charge in [-0.15, -0.1) is 0 Å². The zero-order valence-corrected chi connectivity index (χ0v) is 9.29. The van der Waals surface area contributed by atoms with Crippen molar-refractivity contribution < 1.29 is 9.90 Å². The van der Waals surface area contributed by atoms with Gasteiger partial charge in [0.25, 0.3) is 0 Å². The summed E-state index contributed by atoms with van der Waals surface area (Å²) in [5.74, 6) is -0.305. The minimum absolute atomic E-state index is 0.167. The molecule has 5 nitrogen and oxygen atoms in total. The van der Waals surface area contributed by atoms with Crippen molar-refractivity contribution in [3.63, 3.8) is 0 Å². The van der Waals surface area contributed by atoms with E-state index in [0.717, 1.165) is 37.1 Å².